The largest absolute Gasteiger partial charge is 0.327 e. The SMILES string of the molecule is CC(C)(C)C(N)C1CC2CC2C1. The summed E-state index contributed by atoms with van der Waals surface area (Å²) in [6, 6.07) is 0.422. The first-order chi connectivity index (χ1) is 5.48. The van der Waals surface area contributed by atoms with Crippen molar-refractivity contribution in [2.75, 3.05) is 0 Å². The minimum absolute atomic E-state index is 0.307. The Kier molecular flexibility index (Phi) is 1.76. The molecule has 0 bridgehead atoms. The fraction of sp³-hybridized carbons (Fsp3) is 1.00. The third-order valence-electron chi connectivity index (χ3n) is 3.79. The van der Waals surface area contributed by atoms with E-state index in [1.165, 1.54) is 19.3 Å². The van der Waals surface area contributed by atoms with Gasteiger partial charge in [-0.05, 0) is 42.4 Å². The predicted octanol–water partition coefficient (Wildman–Crippen LogP) is 2.41. The number of fused-ring (bicyclic) bond motifs is 1. The van der Waals surface area contributed by atoms with Crippen molar-refractivity contribution >= 4 is 0 Å². The lowest BCUT2D eigenvalue weighted by atomic mass is 9.78. The highest BCUT2D eigenvalue weighted by Gasteiger charge is 2.48. The Balaban J connectivity index is 1.92. The van der Waals surface area contributed by atoms with Gasteiger partial charge in [0.25, 0.3) is 0 Å². The third kappa shape index (κ3) is 1.39. The molecule has 0 aromatic carbocycles. The highest BCUT2D eigenvalue weighted by molar-refractivity contribution is 5.00. The van der Waals surface area contributed by atoms with E-state index >= 15 is 0 Å². The highest BCUT2D eigenvalue weighted by Crippen LogP contribution is 2.56. The Labute approximate surface area is 75.7 Å². The van der Waals surface area contributed by atoms with Gasteiger partial charge in [0.15, 0.2) is 0 Å². The average molecular weight is 167 g/mol. The molecule has 0 amide bonds. The van der Waals surface area contributed by atoms with E-state index in [4.69, 9.17) is 5.73 Å². The van der Waals surface area contributed by atoms with Crippen LogP contribution in [-0.4, -0.2) is 6.04 Å². The third-order valence-corrected chi connectivity index (χ3v) is 3.79. The van der Waals surface area contributed by atoms with Crippen LogP contribution in [0.4, 0.5) is 0 Å². The first-order valence-corrected chi connectivity index (χ1v) is 5.24. The van der Waals surface area contributed by atoms with Gasteiger partial charge >= 0.3 is 0 Å². The molecule has 0 spiro atoms. The maximum absolute atomic E-state index is 6.24. The molecule has 2 saturated carbocycles. The van der Waals surface area contributed by atoms with Crippen LogP contribution in [0.3, 0.4) is 0 Å². The second-order valence-electron chi connectivity index (χ2n) is 5.88. The summed E-state index contributed by atoms with van der Waals surface area (Å²) in [5.74, 6) is 2.97. The Bertz CT molecular complexity index is 170. The van der Waals surface area contributed by atoms with Crippen molar-refractivity contribution in [3.05, 3.63) is 0 Å². The molecule has 3 unspecified atom stereocenters. The van der Waals surface area contributed by atoms with Crippen LogP contribution in [0.5, 0.6) is 0 Å². The van der Waals surface area contributed by atoms with E-state index in [0.29, 0.717) is 11.5 Å². The molecule has 0 saturated heterocycles. The molecule has 0 aliphatic heterocycles. The summed E-state index contributed by atoms with van der Waals surface area (Å²) in [5.41, 5.74) is 6.55. The summed E-state index contributed by atoms with van der Waals surface area (Å²) in [6.45, 7) is 6.80. The molecule has 1 nitrogen and oxygen atoms in total. The van der Waals surface area contributed by atoms with Gasteiger partial charge in [0, 0.05) is 6.04 Å². The van der Waals surface area contributed by atoms with Crippen LogP contribution >= 0.6 is 0 Å². The van der Waals surface area contributed by atoms with Crippen LogP contribution in [0.25, 0.3) is 0 Å². The normalized spacial score (nSPS) is 42.5. The van der Waals surface area contributed by atoms with Gasteiger partial charge in [-0.1, -0.05) is 20.8 Å². The zero-order valence-electron chi connectivity index (χ0n) is 8.51. The van der Waals surface area contributed by atoms with Crippen molar-refractivity contribution < 1.29 is 0 Å². The van der Waals surface area contributed by atoms with E-state index in [1.54, 1.807) is 0 Å². The Morgan fingerprint density at radius 1 is 1.08 bits per heavy atom. The minimum Gasteiger partial charge on any atom is -0.327 e. The van der Waals surface area contributed by atoms with E-state index < -0.39 is 0 Å². The Hall–Kier alpha value is -0.0400. The zero-order chi connectivity index (χ0) is 8.93. The summed E-state index contributed by atoms with van der Waals surface area (Å²) in [4.78, 5) is 0. The summed E-state index contributed by atoms with van der Waals surface area (Å²) in [6.07, 6.45) is 4.35. The van der Waals surface area contributed by atoms with Gasteiger partial charge in [0.05, 0.1) is 0 Å². The van der Waals surface area contributed by atoms with Crippen molar-refractivity contribution in [1.29, 1.82) is 0 Å². The number of hydrogen-bond donors (Lipinski definition) is 1. The van der Waals surface area contributed by atoms with Crippen LogP contribution in [-0.2, 0) is 0 Å². The fourth-order valence-corrected chi connectivity index (χ4v) is 2.76. The van der Waals surface area contributed by atoms with Crippen molar-refractivity contribution in [3.8, 4) is 0 Å². The average Bonchev–Trinajstić information content (AvgIpc) is 2.56. The molecule has 2 rings (SSSR count). The predicted molar refractivity (Wildman–Crippen MR) is 51.8 cm³/mol. The van der Waals surface area contributed by atoms with E-state index in [0.717, 1.165) is 17.8 Å². The Morgan fingerprint density at radius 2 is 1.58 bits per heavy atom. The molecule has 70 valence electrons. The van der Waals surface area contributed by atoms with Gasteiger partial charge in [-0.3, -0.25) is 0 Å². The smallest absolute Gasteiger partial charge is 0.0116 e. The van der Waals surface area contributed by atoms with E-state index in [9.17, 15) is 0 Å². The van der Waals surface area contributed by atoms with Gasteiger partial charge in [-0.2, -0.15) is 0 Å². The molecule has 12 heavy (non-hydrogen) atoms. The summed E-state index contributed by atoms with van der Waals surface area (Å²) < 4.78 is 0. The van der Waals surface area contributed by atoms with E-state index in [2.05, 4.69) is 20.8 Å². The van der Waals surface area contributed by atoms with Gasteiger partial charge < -0.3 is 5.73 Å². The second kappa shape index (κ2) is 2.47. The van der Waals surface area contributed by atoms with Gasteiger partial charge in [0.1, 0.15) is 0 Å². The molecule has 0 aromatic heterocycles. The number of hydrogen-bond acceptors (Lipinski definition) is 1. The van der Waals surface area contributed by atoms with E-state index in [-0.39, 0.29) is 0 Å². The van der Waals surface area contributed by atoms with Crippen LogP contribution in [0.2, 0.25) is 0 Å². The van der Waals surface area contributed by atoms with Crippen molar-refractivity contribution in [2.45, 2.75) is 46.1 Å². The standard InChI is InChI=1S/C11H21N/c1-11(2,3)10(12)9-5-7-4-8(7)6-9/h7-10H,4-6,12H2,1-3H3. The molecule has 2 aliphatic carbocycles. The monoisotopic (exact) mass is 167 g/mol. The first-order valence-electron chi connectivity index (χ1n) is 5.24. The lowest BCUT2D eigenvalue weighted by molar-refractivity contribution is 0.227. The quantitative estimate of drug-likeness (QED) is 0.637. The van der Waals surface area contributed by atoms with Crippen LogP contribution in [0.15, 0.2) is 0 Å². The molecule has 0 radical (unpaired) electrons. The van der Waals surface area contributed by atoms with Crippen LogP contribution in [0.1, 0.15) is 40.0 Å². The Morgan fingerprint density at radius 3 is 2.00 bits per heavy atom. The van der Waals surface area contributed by atoms with Crippen molar-refractivity contribution in [3.63, 3.8) is 0 Å². The maximum Gasteiger partial charge on any atom is 0.0116 e. The van der Waals surface area contributed by atoms with Crippen LogP contribution < -0.4 is 5.73 Å². The fourth-order valence-electron chi connectivity index (χ4n) is 2.76. The summed E-state index contributed by atoms with van der Waals surface area (Å²) in [5, 5.41) is 0. The van der Waals surface area contributed by atoms with Gasteiger partial charge in [-0.15, -0.1) is 0 Å². The molecule has 2 aliphatic rings. The first kappa shape index (κ1) is 8.55. The van der Waals surface area contributed by atoms with Gasteiger partial charge in [-0.25, -0.2) is 0 Å². The number of rotatable bonds is 1. The lowest BCUT2D eigenvalue weighted by Gasteiger charge is -2.32. The van der Waals surface area contributed by atoms with E-state index in [1.807, 2.05) is 0 Å². The maximum atomic E-state index is 6.24. The van der Waals surface area contributed by atoms with Crippen molar-refractivity contribution in [1.82, 2.24) is 0 Å². The zero-order valence-corrected chi connectivity index (χ0v) is 8.51. The minimum atomic E-state index is 0.307. The van der Waals surface area contributed by atoms with Gasteiger partial charge in [0.2, 0.25) is 0 Å². The topological polar surface area (TPSA) is 26.0 Å². The molecule has 1 heteroatoms. The second-order valence-corrected chi connectivity index (χ2v) is 5.88. The molecule has 2 N–H and O–H groups in total. The number of nitrogens with two attached hydrogens (primary N) is 1. The molecule has 2 fully saturated rings. The lowest BCUT2D eigenvalue weighted by Crippen LogP contribution is -2.41. The van der Waals surface area contributed by atoms with Crippen LogP contribution in [0, 0.1) is 23.2 Å². The van der Waals surface area contributed by atoms with Crippen molar-refractivity contribution in [2.24, 2.45) is 28.9 Å². The molecule has 0 aromatic rings. The molecular weight excluding hydrogens is 146 g/mol. The summed E-state index contributed by atoms with van der Waals surface area (Å²) in [7, 11) is 0. The molecular formula is C11H21N. The summed E-state index contributed by atoms with van der Waals surface area (Å²) >= 11 is 0. The molecule has 0 heterocycles. The highest BCUT2D eigenvalue weighted by atomic mass is 14.7. The molecule has 3 atom stereocenters.